The first-order valence-electron chi connectivity index (χ1n) is 9.99. The van der Waals surface area contributed by atoms with Gasteiger partial charge in [0.05, 0.1) is 5.52 Å². The predicted molar refractivity (Wildman–Crippen MR) is 110 cm³/mol. The van der Waals surface area contributed by atoms with Crippen LogP contribution in [0.1, 0.15) is 24.1 Å². The van der Waals surface area contributed by atoms with Gasteiger partial charge in [-0.3, -0.25) is 5.10 Å². The molecule has 3 aromatic heterocycles. The van der Waals surface area contributed by atoms with E-state index in [9.17, 15) is 0 Å². The lowest BCUT2D eigenvalue weighted by Gasteiger charge is -2.23. The topological polar surface area (TPSA) is 82.9 Å². The molecule has 0 spiro atoms. The number of nitrogens with one attached hydrogen (secondary N) is 3. The first-order chi connectivity index (χ1) is 13.8. The van der Waals surface area contributed by atoms with E-state index in [-0.39, 0.29) is 0 Å². The lowest BCUT2D eigenvalue weighted by atomic mass is 10.0. The molecule has 3 N–H and O–H groups in total. The van der Waals surface area contributed by atoms with Crippen molar-refractivity contribution in [3.05, 3.63) is 48.0 Å². The Morgan fingerprint density at radius 2 is 2.07 bits per heavy atom. The highest BCUT2D eigenvalue weighted by atomic mass is 15.3. The fourth-order valence-corrected chi connectivity index (χ4v) is 4.12. The third-order valence-electron chi connectivity index (χ3n) is 5.67. The lowest BCUT2D eigenvalue weighted by Crippen LogP contribution is -2.40. The van der Waals surface area contributed by atoms with Crippen LogP contribution in [-0.4, -0.2) is 50.5 Å². The molecule has 28 heavy (non-hydrogen) atoms. The molecule has 0 saturated carbocycles. The number of aryl methyl sites for hydroxylation is 1. The summed E-state index contributed by atoms with van der Waals surface area (Å²) in [5, 5.41) is 20.4. The van der Waals surface area contributed by atoms with E-state index in [0.717, 1.165) is 53.9 Å². The Hall–Kier alpha value is -2.77. The molecule has 1 fully saturated rings. The smallest absolute Gasteiger partial charge is 0.158 e. The number of rotatable bonds is 5. The Morgan fingerprint density at radius 1 is 1.18 bits per heavy atom. The Kier molecular flexibility index (Phi) is 4.54. The normalized spacial score (nSPS) is 15.6. The Morgan fingerprint density at radius 3 is 2.96 bits per heavy atom. The highest BCUT2D eigenvalue weighted by Gasteiger charge is 2.13. The summed E-state index contributed by atoms with van der Waals surface area (Å²) in [5.41, 5.74) is 6.47. The van der Waals surface area contributed by atoms with Gasteiger partial charge in [0.25, 0.3) is 0 Å². The molecule has 7 heteroatoms. The van der Waals surface area contributed by atoms with E-state index in [0.29, 0.717) is 6.04 Å². The van der Waals surface area contributed by atoms with Crippen molar-refractivity contribution in [1.29, 1.82) is 0 Å². The minimum Gasteiger partial charge on any atom is -0.317 e. The maximum Gasteiger partial charge on any atom is 0.158 e. The van der Waals surface area contributed by atoms with Gasteiger partial charge in [-0.25, -0.2) is 9.50 Å². The largest absolute Gasteiger partial charge is 0.317 e. The van der Waals surface area contributed by atoms with Gasteiger partial charge in [-0.2, -0.15) is 10.2 Å². The molecular weight excluding hydrogens is 350 g/mol. The number of hydrogen-bond acceptors (Lipinski definition) is 5. The van der Waals surface area contributed by atoms with Gasteiger partial charge in [-0.1, -0.05) is 12.1 Å². The highest BCUT2D eigenvalue weighted by molar-refractivity contribution is 5.86. The second-order valence-electron chi connectivity index (χ2n) is 7.60. The van der Waals surface area contributed by atoms with E-state index in [1.165, 1.54) is 23.9 Å². The van der Waals surface area contributed by atoms with Crippen molar-refractivity contribution < 1.29 is 0 Å². The number of nitrogens with zero attached hydrogens (tertiary/aromatic N) is 4. The molecule has 1 aromatic carbocycles. The van der Waals surface area contributed by atoms with E-state index < -0.39 is 0 Å². The third-order valence-corrected chi connectivity index (χ3v) is 5.67. The van der Waals surface area contributed by atoms with Crippen LogP contribution in [0.15, 0.2) is 36.8 Å². The summed E-state index contributed by atoms with van der Waals surface area (Å²) >= 11 is 0. The van der Waals surface area contributed by atoms with Crippen molar-refractivity contribution in [2.75, 3.05) is 19.6 Å². The van der Waals surface area contributed by atoms with Crippen LogP contribution < -0.4 is 10.6 Å². The van der Waals surface area contributed by atoms with Crippen LogP contribution in [0.4, 0.5) is 0 Å². The van der Waals surface area contributed by atoms with Gasteiger partial charge < -0.3 is 10.6 Å². The number of fused-ring (bicyclic) bond motifs is 2. The SMILES string of the molecule is Cc1cc(-c2ccc3c(CCNC4CCNCC4)[nH]nc3c2)cn2ncnc12. The molecular formula is C21H25N7. The second-order valence-corrected chi connectivity index (χ2v) is 7.60. The second kappa shape index (κ2) is 7.33. The van der Waals surface area contributed by atoms with Crippen molar-refractivity contribution >= 4 is 16.6 Å². The maximum absolute atomic E-state index is 4.55. The van der Waals surface area contributed by atoms with Gasteiger partial charge in [0.15, 0.2) is 5.65 Å². The fraction of sp³-hybridized carbons (Fsp3) is 0.381. The van der Waals surface area contributed by atoms with Gasteiger partial charge in [-0.15, -0.1) is 0 Å². The van der Waals surface area contributed by atoms with Crippen molar-refractivity contribution in [3.8, 4) is 11.1 Å². The van der Waals surface area contributed by atoms with Crippen LogP contribution in [0.3, 0.4) is 0 Å². The molecule has 5 rings (SSSR count). The van der Waals surface area contributed by atoms with Crippen LogP contribution in [0.2, 0.25) is 0 Å². The first-order valence-corrected chi connectivity index (χ1v) is 9.99. The zero-order valence-corrected chi connectivity index (χ0v) is 16.1. The zero-order chi connectivity index (χ0) is 18.9. The number of aromatic amines is 1. The summed E-state index contributed by atoms with van der Waals surface area (Å²) in [6.07, 6.45) is 7.00. The minimum atomic E-state index is 0.636. The molecule has 144 valence electrons. The Bertz CT molecular complexity index is 1100. The third kappa shape index (κ3) is 3.27. The summed E-state index contributed by atoms with van der Waals surface area (Å²) in [7, 11) is 0. The number of H-pyrrole nitrogens is 1. The van der Waals surface area contributed by atoms with Crippen LogP contribution in [-0.2, 0) is 6.42 Å². The molecule has 4 heterocycles. The molecule has 0 radical (unpaired) electrons. The molecule has 0 atom stereocenters. The summed E-state index contributed by atoms with van der Waals surface area (Å²) in [5.74, 6) is 0. The lowest BCUT2D eigenvalue weighted by molar-refractivity contribution is 0.389. The number of pyridine rings is 1. The Labute approximate surface area is 163 Å². The van der Waals surface area contributed by atoms with Gasteiger partial charge in [-0.05, 0) is 56.1 Å². The predicted octanol–water partition coefficient (Wildman–Crippen LogP) is 2.47. The van der Waals surface area contributed by atoms with Crippen LogP contribution >= 0.6 is 0 Å². The summed E-state index contributed by atoms with van der Waals surface area (Å²) in [6, 6.07) is 9.28. The number of piperidine rings is 1. The maximum atomic E-state index is 4.55. The monoisotopic (exact) mass is 375 g/mol. The molecule has 1 saturated heterocycles. The number of benzene rings is 1. The Balaban J connectivity index is 1.35. The average Bonchev–Trinajstić information content (AvgIpc) is 3.36. The van der Waals surface area contributed by atoms with Crippen molar-refractivity contribution in [2.45, 2.75) is 32.2 Å². The highest BCUT2D eigenvalue weighted by Crippen LogP contribution is 2.26. The molecule has 4 aromatic rings. The standard InChI is InChI=1S/C21H25N7/c1-14-10-16(12-28-21(14)24-13-25-28)15-2-3-18-19(26-27-20(18)11-15)6-9-23-17-4-7-22-8-5-17/h2-3,10-13,17,22-23H,4-9H2,1H3,(H,26,27). The zero-order valence-electron chi connectivity index (χ0n) is 16.1. The van der Waals surface area contributed by atoms with Gasteiger partial charge in [0, 0.05) is 41.8 Å². The fourth-order valence-electron chi connectivity index (χ4n) is 4.12. The average molecular weight is 375 g/mol. The van der Waals surface area contributed by atoms with Crippen LogP contribution in [0, 0.1) is 6.92 Å². The summed E-state index contributed by atoms with van der Waals surface area (Å²) in [6.45, 7) is 5.28. The van der Waals surface area contributed by atoms with E-state index in [1.807, 2.05) is 10.7 Å². The number of hydrogen-bond donors (Lipinski definition) is 3. The molecule has 0 unspecified atom stereocenters. The van der Waals surface area contributed by atoms with E-state index in [4.69, 9.17) is 0 Å². The number of aromatic nitrogens is 5. The van der Waals surface area contributed by atoms with Crippen LogP contribution in [0.25, 0.3) is 27.7 Å². The summed E-state index contributed by atoms with van der Waals surface area (Å²) in [4.78, 5) is 4.29. The molecule has 0 bridgehead atoms. The molecule has 1 aliphatic rings. The molecule has 0 amide bonds. The van der Waals surface area contributed by atoms with E-state index >= 15 is 0 Å². The minimum absolute atomic E-state index is 0.636. The molecule has 0 aliphatic carbocycles. The van der Waals surface area contributed by atoms with Crippen molar-refractivity contribution in [1.82, 2.24) is 35.4 Å². The molecule has 7 nitrogen and oxygen atoms in total. The first kappa shape index (κ1) is 17.3. The van der Waals surface area contributed by atoms with E-state index in [2.05, 4.69) is 62.1 Å². The quantitative estimate of drug-likeness (QED) is 0.499. The van der Waals surface area contributed by atoms with Crippen LogP contribution in [0.5, 0.6) is 0 Å². The molecule has 1 aliphatic heterocycles. The summed E-state index contributed by atoms with van der Waals surface area (Å²) < 4.78 is 1.83. The van der Waals surface area contributed by atoms with E-state index in [1.54, 1.807) is 6.33 Å². The van der Waals surface area contributed by atoms with Gasteiger partial charge in [0.1, 0.15) is 6.33 Å². The van der Waals surface area contributed by atoms with Crippen molar-refractivity contribution in [2.24, 2.45) is 0 Å². The van der Waals surface area contributed by atoms with Gasteiger partial charge in [0.2, 0.25) is 0 Å². The van der Waals surface area contributed by atoms with Crippen molar-refractivity contribution in [3.63, 3.8) is 0 Å². The van der Waals surface area contributed by atoms with Gasteiger partial charge >= 0.3 is 0 Å².